The predicted molar refractivity (Wildman–Crippen MR) is 75.9 cm³/mol. The molecule has 0 bridgehead atoms. The summed E-state index contributed by atoms with van der Waals surface area (Å²) >= 11 is 0. The Hall–Kier alpha value is -2.36. The zero-order valence-corrected chi connectivity index (χ0v) is 12.0. The van der Waals surface area contributed by atoms with Gasteiger partial charge in [0.1, 0.15) is 37.9 Å². The summed E-state index contributed by atoms with van der Waals surface area (Å²) in [5.41, 5.74) is 2.66. The lowest BCUT2D eigenvalue weighted by molar-refractivity contribution is -0.671. The molecule has 0 radical (unpaired) electrons. The Labute approximate surface area is 119 Å². The summed E-state index contributed by atoms with van der Waals surface area (Å²) in [7, 11) is 4.08. The van der Waals surface area contributed by atoms with E-state index in [0.29, 0.717) is 0 Å². The van der Waals surface area contributed by atoms with E-state index in [1.165, 1.54) is 11.1 Å². The number of nitrogens with zero attached hydrogens (tertiary/aromatic N) is 4. The predicted octanol–water partition coefficient (Wildman–Crippen LogP) is 1.04. The van der Waals surface area contributed by atoms with Crippen molar-refractivity contribution in [1.82, 2.24) is 9.13 Å². The van der Waals surface area contributed by atoms with E-state index in [4.69, 9.17) is 0 Å². The number of benzene rings is 1. The van der Waals surface area contributed by atoms with Crippen molar-refractivity contribution >= 4 is 0 Å². The van der Waals surface area contributed by atoms with Crippen LogP contribution in [0.15, 0.2) is 61.7 Å². The molecule has 4 nitrogen and oxygen atoms in total. The summed E-state index contributed by atoms with van der Waals surface area (Å²) in [6.07, 6.45) is 12.5. The molecule has 20 heavy (non-hydrogen) atoms. The molecule has 0 saturated heterocycles. The molecule has 0 spiro atoms. The number of aromatic nitrogens is 4. The summed E-state index contributed by atoms with van der Waals surface area (Å²) in [6.45, 7) is 1.82. The lowest BCUT2D eigenvalue weighted by atomic mass is 10.1. The second-order valence-electron chi connectivity index (χ2n) is 5.32. The highest BCUT2D eigenvalue weighted by molar-refractivity contribution is 5.24. The van der Waals surface area contributed by atoms with E-state index in [1.807, 2.05) is 14.1 Å². The molecule has 3 rings (SSSR count). The van der Waals surface area contributed by atoms with Crippen molar-refractivity contribution in [3.05, 3.63) is 72.8 Å². The van der Waals surface area contributed by atoms with Gasteiger partial charge in [-0.2, -0.15) is 0 Å². The van der Waals surface area contributed by atoms with Crippen LogP contribution in [0.2, 0.25) is 0 Å². The first-order valence-electron chi connectivity index (χ1n) is 6.79. The van der Waals surface area contributed by atoms with Crippen LogP contribution in [-0.4, -0.2) is 9.13 Å². The molecule has 0 unspecified atom stereocenters. The molecular formula is C16H20N4+2. The van der Waals surface area contributed by atoms with Crippen LogP contribution in [0.5, 0.6) is 0 Å². The molecule has 0 N–H and O–H groups in total. The highest BCUT2D eigenvalue weighted by Gasteiger charge is 2.05. The average Bonchev–Trinajstić information content (AvgIpc) is 2.99. The van der Waals surface area contributed by atoms with Crippen LogP contribution in [0.25, 0.3) is 0 Å². The van der Waals surface area contributed by atoms with E-state index < -0.39 is 0 Å². The van der Waals surface area contributed by atoms with Crippen molar-refractivity contribution in [3.8, 4) is 0 Å². The third-order valence-electron chi connectivity index (χ3n) is 3.37. The molecular weight excluding hydrogens is 248 g/mol. The Bertz CT molecular complexity index is 651. The zero-order valence-electron chi connectivity index (χ0n) is 12.0. The number of hydrogen-bond acceptors (Lipinski definition) is 0. The maximum atomic E-state index is 2.28. The first-order chi connectivity index (χ1) is 9.69. The van der Waals surface area contributed by atoms with Crippen molar-refractivity contribution in [2.75, 3.05) is 0 Å². The van der Waals surface area contributed by atoms with Crippen LogP contribution in [0.3, 0.4) is 0 Å². The lowest BCUT2D eigenvalue weighted by Crippen LogP contribution is -2.24. The van der Waals surface area contributed by atoms with E-state index in [9.17, 15) is 0 Å². The molecule has 102 valence electrons. The van der Waals surface area contributed by atoms with Crippen LogP contribution in [0, 0.1) is 0 Å². The van der Waals surface area contributed by atoms with Crippen LogP contribution >= 0.6 is 0 Å². The Morgan fingerprint density at radius 2 is 1.35 bits per heavy atom. The summed E-state index contributed by atoms with van der Waals surface area (Å²) < 4.78 is 8.50. The fraction of sp³-hybridized carbons (Fsp3) is 0.250. The monoisotopic (exact) mass is 268 g/mol. The third-order valence-corrected chi connectivity index (χ3v) is 3.37. The first-order valence-corrected chi connectivity index (χ1v) is 6.79. The van der Waals surface area contributed by atoms with Gasteiger partial charge in [-0.05, 0) is 17.2 Å². The normalized spacial score (nSPS) is 10.9. The van der Waals surface area contributed by atoms with Gasteiger partial charge in [0.25, 0.3) is 0 Å². The maximum absolute atomic E-state index is 2.28. The topological polar surface area (TPSA) is 17.6 Å². The van der Waals surface area contributed by atoms with Crippen molar-refractivity contribution < 1.29 is 9.13 Å². The number of imidazole rings is 2. The Morgan fingerprint density at radius 3 is 1.75 bits per heavy atom. The van der Waals surface area contributed by atoms with Gasteiger partial charge in [-0.15, -0.1) is 0 Å². The van der Waals surface area contributed by atoms with E-state index in [0.717, 1.165) is 13.1 Å². The van der Waals surface area contributed by atoms with Crippen LogP contribution in [-0.2, 0) is 27.2 Å². The van der Waals surface area contributed by atoms with Gasteiger partial charge in [0.15, 0.2) is 0 Å². The molecule has 2 heterocycles. The fourth-order valence-corrected chi connectivity index (χ4v) is 2.44. The second-order valence-corrected chi connectivity index (χ2v) is 5.32. The molecule has 2 aromatic heterocycles. The SMILES string of the molecule is C[n+]1ccn(Cc2cccc(Cn3cc[n+](C)c3)c2)c1. The van der Waals surface area contributed by atoms with E-state index in [1.54, 1.807) is 0 Å². The Kier molecular flexibility index (Phi) is 3.37. The third kappa shape index (κ3) is 2.96. The minimum Gasteiger partial charge on any atom is -0.240 e. The second kappa shape index (κ2) is 5.33. The summed E-state index contributed by atoms with van der Waals surface area (Å²) in [6, 6.07) is 8.77. The first kappa shape index (κ1) is 12.7. The van der Waals surface area contributed by atoms with Gasteiger partial charge in [0, 0.05) is 0 Å². The fourth-order valence-electron chi connectivity index (χ4n) is 2.44. The minimum atomic E-state index is 0.911. The highest BCUT2D eigenvalue weighted by Crippen LogP contribution is 2.08. The summed E-state index contributed by atoms with van der Waals surface area (Å²) in [5, 5.41) is 0. The van der Waals surface area contributed by atoms with Crippen LogP contribution < -0.4 is 9.13 Å². The smallest absolute Gasteiger partial charge is 0.240 e. The minimum absolute atomic E-state index is 0.911. The largest absolute Gasteiger partial charge is 0.243 e. The van der Waals surface area contributed by atoms with Crippen molar-refractivity contribution in [2.45, 2.75) is 13.1 Å². The van der Waals surface area contributed by atoms with Gasteiger partial charge in [-0.3, -0.25) is 0 Å². The zero-order chi connectivity index (χ0) is 13.9. The Morgan fingerprint density at radius 1 is 0.850 bits per heavy atom. The molecule has 4 heteroatoms. The van der Waals surface area contributed by atoms with Crippen molar-refractivity contribution in [1.29, 1.82) is 0 Å². The van der Waals surface area contributed by atoms with Gasteiger partial charge in [-0.1, -0.05) is 18.2 Å². The van der Waals surface area contributed by atoms with Gasteiger partial charge >= 0.3 is 0 Å². The lowest BCUT2D eigenvalue weighted by Gasteiger charge is -2.02. The van der Waals surface area contributed by atoms with Gasteiger partial charge < -0.3 is 0 Å². The maximum Gasteiger partial charge on any atom is 0.243 e. The number of rotatable bonds is 4. The molecule has 0 amide bonds. The van der Waals surface area contributed by atoms with Crippen molar-refractivity contribution in [2.24, 2.45) is 14.1 Å². The van der Waals surface area contributed by atoms with Crippen LogP contribution in [0.4, 0.5) is 0 Å². The summed E-state index contributed by atoms with van der Waals surface area (Å²) in [4.78, 5) is 0. The average molecular weight is 268 g/mol. The number of aryl methyl sites for hydroxylation is 2. The van der Waals surface area contributed by atoms with E-state index >= 15 is 0 Å². The van der Waals surface area contributed by atoms with Gasteiger partial charge in [0.05, 0.1) is 14.1 Å². The molecule has 0 aliphatic carbocycles. The molecule has 0 aliphatic rings. The molecule has 0 fully saturated rings. The quantitative estimate of drug-likeness (QED) is 0.629. The van der Waals surface area contributed by atoms with Crippen LogP contribution in [0.1, 0.15) is 11.1 Å². The molecule has 1 aromatic carbocycles. The molecule has 0 aliphatic heterocycles. The van der Waals surface area contributed by atoms with E-state index in [2.05, 4.69) is 80.0 Å². The van der Waals surface area contributed by atoms with E-state index in [-0.39, 0.29) is 0 Å². The number of hydrogen-bond donors (Lipinski definition) is 0. The summed E-state index contributed by atoms with van der Waals surface area (Å²) in [5.74, 6) is 0. The standard InChI is InChI=1S/C16H20N4/c1-17-6-8-19(13-17)11-15-4-3-5-16(10-15)12-20-9-7-18(2)14-20/h3-10,13-14H,11-12H2,1-2H3/q+2. The van der Waals surface area contributed by atoms with Gasteiger partial charge in [0.2, 0.25) is 12.7 Å². The molecule has 3 aromatic rings. The highest BCUT2D eigenvalue weighted by atomic mass is 15.1. The molecule has 0 atom stereocenters. The Balaban J connectivity index is 1.75. The van der Waals surface area contributed by atoms with Crippen molar-refractivity contribution in [3.63, 3.8) is 0 Å². The molecule has 0 saturated carbocycles. The van der Waals surface area contributed by atoms with Gasteiger partial charge in [-0.25, -0.2) is 18.3 Å².